The van der Waals surface area contributed by atoms with Gasteiger partial charge in [-0.1, -0.05) is 42.0 Å². The number of aliphatic carboxylic acids is 1. The van der Waals surface area contributed by atoms with Crippen LogP contribution in [0.25, 0.3) is 11.6 Å². The minimum Gasteiger partial charge on any atom is -0.508 e. The van der Waals surface area contributed by atoms with Crippen molar-refractivity contribution in [3.63, 3.8) is 0 Å². The quantitative estimate of drug-likeness (QED) is 0.652. The molecule has 0 saturated heterocycles. The lowest BCUT2D eigenvalue weighted by molar-refractivity contribution is -0.130. The summed E-state index contributed by atoms with van der Waals surface area (Å²) in [5.41, 5.74) is 2.67. The third-order valence-corrected chi connectivity index (χ3v) is 2.76. The molecule has 0 aliphatic rings. The molecule has 3 nitrogen and oxygen atoms in total. The van der Waals surface area contributed by atoms with E-state index in [1.165, 1.54) is 12.1 Å². The third kappa shape index (κ3) is 3.22. The Balaban J connectivity index is 2.46. The van der Waals surface area contributed by atoms with Crippen LogP contribution >= 0.6 is 0 Å². The molecule has 2 N–H and O–H groups in total. The minimum absolute atomic E-state index is 0.115. The number of aromatic hydroxyl groups is 1. The summed E-state index contributed by atoms with van der Waals surface area (Å²) < 4.78 is 0. The summed E-state index contributed by atoms with van der Waals surface area (Å²) in [7, 11) is 0. The van der Waals surface area contributed by atoms with E-state index in [0.717, 1.165) is 11.1 Å². The van der Waals surface area contributed by atoms with Crippen molar-refractivity contribution in [2.24, 2.45) is 0 Å². The van der Waals surface area contributed by atoms with E-state index < -0.39 is 5.97 Å². The van der Waals surface area contributed by atoms with Crippen LogP contribution in [0.3, 0.4) is 0 Å². The predicted octanol–water partition coefficient (Wildman–Crippen LogP) is 3.33. The summed E-state index contributed by atoms with van der Waals surface area (Å²) in [5, 5.41) is 18.5. The lowest BCUT2D eigenvalue weighted by Crippen LogP contribution is -1.99. The van der Waals surface area contributed by atoms with Gasteiger partial charge in [0.15, 0.2) is 0 Å². The Kier molecular flexibility index (Phi) is 3.66. The second kappa shape index (κ2) is 5.40. The van der Waals surface area contributed by atoms with Crippen molar-refractivity contribution in [2.75, 3.05) is 0 Å². The molecule has 0 spiro atoms. The number of aryl methyl sites for hydroxylation is 1. The summed E-state index contributed by atoms with van der Waals surface area (Å²) in [6, 6.07) is 13.7. The standard InChI is InChI=1S/C16H14O3/c1-11-3-2-4-12(9-11)10-15(16(18)19)13-5-7-14(17)8-6-13/h2-10,17H,1H3,(H,18,19)/b15-10-. The second-order valence-electron chi connectivity index (χ2n) is 4.32. The fourth-order valence-electron chi connectivity index (χ4n) is 1.84. The molecule has 96 valence electrons. The number of carboxylic acids is 1. The number of benzene rings is 2. The van der Waals surface area contributed by atoms with Gasteiger partial charge < -0.3 is 10.2 Å². The van der Waals surface area contributed by atoms with Gasteiger partial charge in [0.05, 0.1) is 5.57 Å². The lowest BCUT2D eigenvalue weighted by Gasteiger charge is -2.04. The summed E-state index contributed by atoms with van der Waals surface area (Å²) >= 11 is 0. The number of carbonyl (C=O) groups is 1. The molecule has 3 heteroatoms. The first kappa shape index (κ1) is 12.9. The number of hydrogen-bond donors (Lipinski definition) is 2. The average molecular weight is 254 g/mol. The number of phenolic OH excluding ortho intramolecular Hbond substituents is 1. The van der Waals surface area contributed by atoms with E-state index >= 15 is 0 Å². The van der Waals surface area contributed by atoms with Crippen LogP contribution in [0.5, 0.6) is 5.75 Å². The Morgan fingerprint density at radius 1 is 1.11 bits per heavy atom. The van der Waals surface area contributed by atoms with Crippen LogP contribution in [-0.2, 0) is 4.79 Å². The molecule has 0 aliphatic carbocycles. The molecule has 0 atom stereocenters. The van der Waals surface area contributed by atoms with Crippen LogP contribution in [-0.4, -0.2) is 16.2 Å². The van der Waals surface area contributed by atoms with Gasteiger partial charge in [0.25, 0.3) is 0 Å². The zero-order valence-electron chi connectivity index (χ0n) is 10.5. The highest BCUT2D eigenvalue weighted by Crippen LogP contribution is 2.21. The first-order chi connectivity index (χ1) is 9.06. The molecule has 0 aromatic heterocycles. The maximum atomic E-state index is 11.3. The van der Waals surface area contributed by atoms with Crippen molar-refractivity contribution in [1.29, 1.82) is 0 Å². The number of phenols is 1. The average Bonchev–Trinajstić information content (AvgIpc) is 2.37. The highest BCUT2D eigenvalue weighted by Gasteiger charge is 2.10. The Morgan fingerprint density at radius 3 is 2.37 bits per heavy atom. The lowest BCUT2D eigenvalue weighted by atomic mass is 10.0. The Labute approximate surface area is 111 Å². The van der Waals surface area contributed by atoms with Crippen LogP contribution in [0.1, 0.15) is 16.7 Å². The van der Waals surface area contributed by atoms with Crippen LogP contribution in [0, 0.1) is 6.92 Å². The molecule has 0 bridgehead atoms. The van der Waals surface area contributed by atoms with Crippen LogP contribution in [0.15, 0.2) is 48.5 Å². The van der Waals surface area contributed by atoms with Gasteiger partial charge in [-0.2, -0.15) is 0 Å². The smallest absolute Gasteiger partial charge is 0.336 e. The van der Waals surface area contributed by atoms with E-state index in [2.05, 4.69) is 0 Å². The van der Waals surface area contributed by atoms with Crippen molar-refractivity contribution in [3.8, 4) is 5.75 Å². The van der Waals surface area contributed by atoms with Gasteiger partial charge in [-0.05, 0) is 36.3 Å². The molecule has 0 fully saturated rings. The number of carboxylic acid groups (broad SMARTS) is 1. The number of rotatable bonds is 3. The van der Waals surface area contributed by atoms with Crippen LogP contribution in [0.2, 0.25) is 0 Å². The van der Waals surface area contributed by atoms with E-state index in [0.29, 0.717) is 5.56 Å². The van der Waals surface area contributed by atoms with Gasteiger partial charge in [0.1, 0.15) is 5.75 Å². The summed E-state index contributed by atoms with van der Waals surface area (Å²) in [5.74, 6) is -0.878. The van der Waals surface area contributed by atoms with Gasteiger partial charge in [0.2, 0.25) is 0 Å². The Hall–Kier alpha value is -2.55. The first-order valence-corrected chi connectivity index (χ1v) is 5.87. The van der Waals surface area contributed by atoms with Gasteiger partial charge in [-0.15, -0.1) is 0 Å². The molecule has 0 unspecified atom stereocenters. The molecule has 2 aromatic carbocycles. The first-order valence-electron chi connectivity index (χ1n) is 5.87. The molecule has 0 radical (unpaired) electrons. The van der Waals surface area contributed by atoms with Gasteiger partial charge in [0, 0.05) is 0 Å². The molecule has 0 saturated carbocycles. The van der Waals surface area contributed by atoms with E-state index in [1.54, 1.807) is 18.2 Å². The largest absolute Gasteiger partial charge is 0.508 e. The highest BCUT2D eigenvalue weighted by molar-refractivity contribution is 6.20. The normalized spacial score (nSPS) is 11.3. The van der Waals surface area contributed by atoms with Gasteiger partial charge >= 0.3 is 5.97 Å². The van der Waals surface area contributed by atoms with E-state index in [1.807, 2.05) is 31.2 Å². The maximum Gasteiger partial charge on any atom is 0.336 e. The van der Waals surface area contributed by atoms with Crippen molar-refractivity contribution in [2.45, 2.75) is 6.92 Å². The minimum atomic E-state index is -0.993. The fourth-order valence-corrected chi connectivity index (χ4v) is 1.84. The molecule has 2 aromatic rings. The van der Waals surface area contributed by atoms with Gasteiger partial charge in [-0.25, -0.2) is 4.79 Å². The van der Waals surface area contributed by atoms with Crippen LogP contribution in [0.4, 0.5) is 0 Å². The topological polar surface area (TPSA) is 57.5 Å². The molecular formula is C16H14O3. The molecule has 0 aliphatic heterocycles. The Bertz CT molecular complexity index is 625. The van der Waals surface area contributed by atoms with Crippen molar-refractivity contribution < 1.29 is 15.0 Å². The fraction of sp³-hybridized carbons (Fsp3) is 0.0625. The Morgan fingerprint density at radius 2 is 1.79 bits per heavy atom. The maximum absolute atomic E-state index is 11.3. The summed E-state index contributed by atoms with van der Waals surface area (Å²) in [6.07, 6.45) is 1.63. The molecule has 0 heterocycles. The van der Waals surface area contributed by atoms with Crippen LogP contribution < -0.4 is 0 Å². The zero-order chi connectivity index (χ0) is 13.8. The molecular weight excluding hydrogens is 240 g/mol. The monoisotopic (exact) mass is 254 g/mol. The summed E-state index contributed by atoms with van der Waals surface area (Å²) in [6.45, 7) is 1.96. The molecule has 0 amide bonds. The van der Waals surface area contributed by atoms with Crippen molar-refractivity contribution in [1.82, 2.24) is 0 Å². The highest BCUT2D eigenvalue weighted by atomic mass is 16.4. The van der Waals surface area contributed by atoms with Gasteiger partial charge in [-0.3, -0.25) is 0 Å². The zero-order valence-corrected chi connectivity index (χ0v) is 10.5. The van der Waals surface area contributed by atoms with E-state index in [4.69, 9.17) is 0 Å². The number of hydrogen-bond acceptors (Lipinski definition) is 2. The predicted molar refractivity (Wildman–Crippen MR) is 74.8 cm³/mol. The van der Waals surface area contributed by atoms with E-state index in [9.17, 15) is 15.0 Å². The molecule has 19 heavy (non-hydrogen) atoms. The third-order valence-electron chi connectivity index (χ3n) is 2.76. The van der Waals surface area contributed by atoms with E-state index in [-0.39, 0.29) is 11.3 Å². The second-order valence-corrected chi connectivity index (χ2v) is 4.32. The summed E-state index contributed by atoms with van der Waals surface area (Å²) in [4.78, 5) is 11.3. The van der Waals surface area contributed by atoms with Crippen molar-refractivity contribution in [3.05, 3.63) is 65.2 Å². The van der Waals surface area contributed by atoms with Crippen molar-refractivity contribution >= 4 is 17.6 Å². The SMILES string of the molecule is Cc1cccc(/C=C(\C(=O)O)c2ccc(O)cc2)c1. The molecule has 2 rings (SSSR count).